The molecular formula is C28H40N10O4S. The van der Waals surface area contributed by atoms with E-state index in [2.05, 4.69) is 41.2 Å². The molecule has 3 atom stereocenters. The van der Waals surface area contributed by atoms with E-state index in [0.29, 0.717) is 43.6 Å². The molecule has 0 fully saturated rings. The first-order chi connectivity index (χ1) is 20.6. The van der Waals surface area contributed by atoms with Gasteiger partial charge in [0.25, 0.3) is 11.5 Å². The van der Waals surface area contributed by atoms with Gasteiger partial charge in [0.2, 0.25) is 17.8 Å². The first-order valence-corrected chi connectivity index (χ1v) is 15.4. The smallest absolute Gasteiger partial charge is 0.280 e. The van der Waals surface area contributed by atoms with Crippen molar-refractivity contribution in [3.63, 3.8) is 0 Å². The average Bonchev–Trinajstić information content (AvgIpc) is 2.97. The van der Waals surface area contributed by atoms with Crippen LogP contribution < -0.4 is 38.3 Å². The van der Waals surface area contributed by atoms with Gasteiger partial charge >= 0.3 is 0 Å². The minimum absolute atomic E-state index is 0.00992. The van der Waals surface area contributed by atoms with Gasteiger partial charge in [-0.15, -0.1) is 0 Å². The molecule has 0 saturated carbocycles. The number of hydrogen-bond acceptors (Lipinski definition) is 11. The lowest BCUT2D eigenvalue weighted by molar-refractivity contribution is -0.129. The molecule has 3 aromatic rings. The first kappa shape index (κ1) is 33.3. The normalized spacial score (nSPS) is 13.1. The summed E-state index contributed by atoms with van der Waals surface area (Å²) in [7, 11) is 0. The van der Waals surface area contributed by atoms with Crippen molar-refractivity contribution in [3.8, 4) is 0 Å². The molecule has 2 heterocycles. The van der Waals surface area contributed by atoms with Gasteiger partial charge in [-0.1, -0.05) is 0 Å². The summed E-state index contributed by atoms with van der Waals surface area (Å²) in [6, 6.07) is 5.94. The van der Waals surface area contributed by atoms with Crippen LogP contribution in [-0.4, -0.2) is 74.3 Å². The number of H-pyrrole nitrogens is 1. The Balaban J connectivity index is 1.46. The van der Waals surface area contributed by atoms with Gasteiger partial charge in [0, 0.05) is 35.5 Å². The molecule has 0 bridgehead atoms. The van der Waals surface area contributed by atoms with E-state index in [1.54, 1.807) is 36.0 Å². The fourth-order valence-corrected chi connectivity index (χ4v) is 4.79. The molecule has 1 unspecified atom stereocenters. The second-order valence-corrected chi connectivity index (χ2v) is 11.2. The van der Waals surface area contributed by atoms with Crippen molar-refractivity contribution in [2.75, 3.05) is 29.6 Å². The summed E-state index contributed by atoms with van der Waals surface area (Å²) >= 11 is 1.63. The predicted molar refractivity (Wildman–Crippen MR) is 169 cm³/mol. The highest BCUT2D eigenvalue weighted by atomic mass is 32.2. The van der Waals surface area contributed by atoms with Gasteiger partial charge < -0.3 is 32.7 Å². The van der Waals surface area contributed by atoms with Crippen LogP contribution in [0.1, 0.15) is 55.6 Å². The second kappa shape index (κ2) is 16.4. The summed E-state index contributed by atoms with van der Waals surface area (Å²) in [5, 5.41) is 11.8. The van der Waals surface area contributed by atoms with Crippen molar-refractivity contribution in [1.82, 2.24) is 35.9 Å². The van der Waals surface area contributed by atoms with Gasteiger partial charge in [0.1, 0.15) is 6.04 Å². The number of aromatic nitrogens is 4. The maximum atomic E-state index is 12.7. The summed E-state index contributed by atoms with van der Waals surface area (Å²) in [6.45, 7) is 4.47. The first-order valence-electron chi connectivity index (χ1n) is 14.0. The molecule has 0 aliphatic carbocycles. The lowest BCUT2D eigenvalue weighted by Gasteiger charge is -2.21. The van der Waals surface area contributed by atoms with Crippen LogP contribution in [0.15, 0.2) is 35.3 Å². The van der Waals surface area contributed by atoms with Crippen LogP contribution in [0.2, 0.25) is 0 Å². The van der Waals surface area contributed by atoms with Crippen molar-refractivity contribution in [3.05, 3.63) is 52.1 Å². The predicted octanol–water partition coefficient (Wildman–Crippen LogP) is 0.897. The Morgan fingerprint density at radius 3 is 2.47 bits per heavy atom. The molecule has 0 aliphatic heterocycles. The number of nitrogens with zero attached hydrogens (tertiary/aromatic N) is 3. The molecule has 9 N–H and O–H groups in total. The molecule has 14 nitrogen and oxygen atoms in total. The van der Waals surface area contributed by atoms with E-state index in [1.165, 1.54) is 6.20 Å². The Kier molecular flexibility index (Phi) is 12.7. The Morgan fingerprint density at radius 1 is 1.02 bits per heavy atom. The highest BCUT2D eigenvalue weighted by molar-refractivity contribution is 7.98. The van der Waals surface area contributed by atoms with E-state index >= 15 is 0 Å². The van der Waals surface area contributed by atoms with E-state index in [-0.39, 0.29) is 53.3 Å². The third kappa shape index (κ3) is 10.5. The molecule has 3 rings (SSSR count). The molecular weight excluding hydrogens is 572 g/mol. The quantitative estimate of drug-likeness (QED) is 0.120. The summed E-state index contributed by atoms with van der Waals surface area (Å²) in [5.74, 6) is 0.00664. The number of carbonyl (C=O) groups excluding carboxylic acids is 3. The molecule has 0 radical (unpaired) electrons. The molecule has 0 aliphatic rings. The molecule has 0 saturated heterocycles. The van der Waals surface area contributed by atoms with E-state index in [9.17, 15) is 19.2 Å². The van der Waals surface area contributed by atoms with E-state index < -0.39 is 11.6 Å². The summed E-state index contributed by atoms with van der Waals surface area (Å²) in [5.41, 5.74) is 12.7. The monoisotopic (exact) mass is 612 g/mol. The maximum Gasteiger partial charge on any atom is 0.280 e. The zero-order chi connectivity index (χ0) is 31.4. The van der Waals surface area contributed by atoms with Crippen molar-refractivity contribution in [1.29, 1.82) is 0 Å². The number of fused-ring (bicyclic) bond motifs is 1. The molecule has 232 valence electrons. The summed E-state index contributed by atoms with van der Waals surface area (Å²) in [6.07, 6.45) is 5.11. The van der Waals surface area contributed by atoms with Crippen LogP contribution in [0, 0.1) is 0 Å². The Hall–Kier alpha value is -4.24. The number of hydrogen-bond donors (Lipinski definition) is 7. The minimum atomic E-state index is -0.648. The zero-order valence-electron chi connectivity index (χ0n) is 24.6. The highest BCUT2D eigenvalue weighted by Crippen LogP contribution is 2.12. The Morgan fingerprint density at radius 2 is 1.77 bits per heavy atom. The molecule has 1 aromatic carbocycles. The number of nitrogen functional groups attached to an aromatic ring is 1. The van der Waals surface area contributed by atoms with Gasteiger partial charge in [0.15, 0.2) is 11.2 Å². The molecule has 3 amide bonds. The Bertz CT molecular complexity index is 1450. The van der Waals surface area contributed by atoms with Gasteiger partial charge in [-0.2, -0.15) is 16.7 Å². The van der Waals surface area contributed by atoms with Crippen molar-refractivity contribution in [2.45, 2.75) is 64.2 Å². The van der Waals surface area contributed by atoms with Crippen molar-refractivity contribution >= 4 is 52.3 Å². The van der Waals surface area contributed by atoms with Gasteiger partial charge in [-0.25, -0.2) is 9.97 Å². The Labute approximate surface area is 254 Å². The molecule has 15 heteroatoms. The average molecular weight is 613 g/mol. The van der Waals surface area contributed by atoms with Crippen LogP contribution >= 0.6 is 11.8 Å². The SMILES string of the molecule is CSC[C@@H](C)NC(=O)C(CCCN)NC(=O)CC[C@@H](C)NC(=O)c1ccc(NCc2cnc3nc(N)[nH]c(=O)c3n2)cc1. The van der Waals surface area contributed by atoms with Gasteiger partial charge in [-0.05, 0) is 70.2 Å². The maximum absolute atomic E-state index is 12.7. The molecule has 0 spiro atoms. The van der Waals surface area contributed by atoms with E-state index in [1.807, 2.05) is 20.1 Å². The highest BCUT2D eigenvalue weighted by Gasteiger charge is 2.22. The number of aromatic amines is 1. The fourth-order valence-electron chi connectivity index (χ4n) is 4.21. The number of amides is 3. The summed E-state index contributed by atoms with van der Waals surface area (Å²) < 4.78 is 0. The van der Waals surface area contributed by atoms with Crippen LogP contribution in [0.25, 0.3) is 11.2 Å². The third-order valence-corrected chi connectivity index (χ3v) is 7.28. The topological polar surface area (TPSA) is 223 Å². The number of thioether (sulfide) groups is 1. The van der Waals surface area contributed by atoms with Crippen LogP contribution in [-0.2, 0) is 16.1 Å². The van der Waals surface area contributed by atoms with Crippen LogP contribution in [0.5, 0.6) is 0 Å². The minimum Gasteiger partial charge on any atom is -0.379 e. The molecule has 2 aromatic heterocycles. The number of carbonyl (C=O) groups is 3. The summed E-state index contributed by atoms with van der Waals surface area (Å²) in [4.78, 5) is 64.8. The van der Waals surface area contributed by atoms with E-state index in [4.69, 9.17) is 11.5 Å². The largest absolute Gasteiger partial charge is 0.379 e. The second-order valence-electron chi connectivity index (χ2n) is 10.2. The number of rotatable bonds is 16. The third-order valence-electron chi connectivity index (χ3n) is 6.44. The van der Waals surface area contributed by atoms with Crippen LogP contribution in [0.4, 0.5) is 11.6 Å². The number of benzene rings is 1. The van der Waals surface area contributed by atoms with Crippen molar-refractivity contribution in [2.24, 2.45) is 5.73 Å². The lowest BCUT2D eigenvalue weighted by atomic mass is 10.1. The standard InChI is InChI=1S/C28H40N10O4S/c1-16(6-11-22(39)36-21(5-4-12-29)26(41)34-17(2)15-43-3)33-25(40)18-7-9-19(10-8-18)31-13-20-14-32-24-23(35-20)27(42)38-28(30)37-24/h7-10,14,16-17,21,31H,4-6,11-13,15,29H2,1-3H3,(H,33,40)(H,34,41)(H,36,39)(H3,30,32,37,38,42)/t16-,17-,21?/m1/s1. The van der Waals surface area contributed by atoms with Crippen molar-refractivity contribution < 1.29 is 14.4 Å². The zero-order valence-corrected chi connectivity index (χ0v) is 25.4. The van der Waals surface area contributed by atoms with Gasteiger partial charge in [-0.3, -0.25) is 24.2 Å². The van der Waals surface area contributed by atoms with E-state index in [0.717, 1.165) is 11.4 Å². The van der Waals surface area contributed by atoms with Crippen LogP contribution in [0.3, 0.4) is 0 Å². The van der Waals surface area contributed by atoms with Gasteiger partial charge in [0.05, 0.1) is 18.4 Å². The number of nitrogens with one attached hydrogen (secondary N) is 5. The lowest BCUT2D eigenvalue weighted by Crippen LogP contribution is -2.49. The molecule has 43 heavy (non-hydrogen) atoms. The number of nitrogens with two attached hydrogens (primary N) is 2. The number of anilines is 2. The fraction of sp³-hybridized carbons (Fsp3) is 0.464.